The maximum absolute atomic E-state index is 6.24. The quantitative estimate of drug-likeness (QED) is 0.543. The summed E-state index contributed by atoms with van der Waals surface area (Å²) in [4.78, 5) is 10.8. The van der Waals surface area contributed by atoms with Crippen LogP contribution >= 0.6 is 11.3 Å². The molecule has 0 spiro atoms. The molecule has 0 atom stereocenters. The molecule has 0 fully saturated rings. The summed E-state index contributed by atoms with van der Waals surface area (Å²) in [6.45, 7) is 3.13. The van der Waals surface area contributed by atoms with Gasteiger partial charge in [0.2, 0.25) is 0 Å². The minimum atomic E-state index is 0.529. The summed E-state index contributed by atoms with van der Waals surface area (Å²) in [6.07, 6.45) is 4.28. The van der Waals surface area contributed by atoms with E-state index in [2.05, 4.69) is 46.1 Å². The highest BCUT2D eigenvalue weighted by atomic mass is 32.1. The van der Waals surface area contributed by atoms with Gasteiger partial charge in [-0.3, -0.25) is 0 Å². The number of benzene rings is 1. The van der Waals surface area contributed by atoms with Crippen molar-refractivity contribution in [3.8, 4) is 0 Å². The summed E-state index contributed by atoms with van der Waals surface area (Å²) in [5, 5.41) is 3.27. The zero-order valence-electron chi connectivity index (χ0n) is 14.4. The van der Waals surface area contributed by atoms with E-state index in [0.717, 1.165) is 60.0 Å². The Hall–Kier alpha value is -2.40. The van der Waals surface area contributed by atoms with Crippen molar-refractivity contribution in [1.82, 2.24) is 14.5 Å². The molecule has 0 unspecified atom stereocenters. The van der Waals surface area contributed by atoms with Gasteiger partial charge in [-0.25, -0.2) is 9.97 Å². The lowest BCUT2D eigenvalue weighted by Gasteiger charge is -2.10. The number of para-hydroxylation sites is 1. The Morgan fingerprint density at radius 1 is 1.08 bits per heavy atom. The highest BCUT2D eigenvalue weighted by molar-refractivity contribution is 7.09. The number of hydrogen-bond donors (Lipinski definition) is 1. The molecule has 0 saturated heterocycles. The van der Waals surface area contributed by atoms with Crippen LogP contribution in [0.5, 0.6) is 0 Å². The van der Waals surface area contributed by atoms with Crippen molar-refractivity contribution >= 4 is 39.1 Å². The number of aromatic nitrogens is 3. The first kappa shape index (κ1) is 16.1. The molecule has 2 N–H and O–H groups in total. The number of pyridine rings is 1. The Morgan fingerprint density at radius 2 is 1.96 bits per heavy atom. The van der Waals surface area contributed by atoms with Crippen LogP contribution in [-0.2, 0) is 19.4 Å². The van der Waals surface area contributed by atoms with Crippen LogP contribution in [0.2, 0.25) is 0 Å². The van der Waals surface area contributed by atoms with E-state index in [-0.39, 0.29) is 0 Å². The molecule has 4 aromatic rings. The second kappa shape index (κ2) is 6.84. The summed E-state index contributed by atoms with van der Waals surface area (Å²) in [7, 11) is 0. The van der Waals surface area contributed by atoms with Gasteiger partial charge in [-0.1, -0.05) is 37.6 Å². The fourth-order valence-electron chi connectivity index (χ4n) is 3.35. The van der Waals surface area contributed by atoms with Crippen LogP contribution < -0.4 is 5.73 Å². The maximum atomic E-state index is 6.24. The van der Waals surface area contributed by atoms with E-state index in [1.165, 1.54) is 4.88 Å². The molecular weight excluding hydrogens is 328 g/mol. The summed E-state index contributed by atoms with van der Waals surface area (Å²) in [6, 6.07) is 12.5. The third-order valence-corrected chi connectivity index (χ3v) is 5.54. The van der Waals surface area contributed by atoms with Crippen molar-refractivity contribution in [2.75, 3.05) is 5.73 Å². The summed E-state index contributed by atoms with van der Waals surface area (Å²) < 4.78 is 2.37. The fraction of sp³-hybridized carbons (Fsp3) is 0.300. The van der Waals surface area contributed by atoms with Gasteiger partial charge in [0.15, 0.2) is 5.82 Å². The fourth-order valence-corrected chi connectivity index (χ4v) is 4.05. The molecule has 3 heterocycles. The molecule has 0 aliphatic heterocycles. The number of nitrogens with two attached hydrogens (primary N) is 1. The molecule has 25 heavy (non-hydrogen) atoms. The molecule has 0 amide bonds. The van der Waals surface area contributed by atoms with Gasteiger partial charge in [-0.2, -0.15) is 0 Å². The molecule has 0 radical (unpaired) electrons. The lowest BCUT2D eigenvalue weighted by molar-refractivity contribution is 0.648. The van der Waals surface area contributed by atoms with Crippen LogP contribution in [-0.4, -0.2) is 14.5 Å². The molecule has 0 saturated carbocycles. The van der Waals surface area contributed by atoms with Crippen molar-refractivity contribution in [2.24, 2.45) is 0 Å². The molecule has 5 heteroatoms. The molecule has 4 rings (SSSR count). The second-order valence-corrected chi connectivity index (χ2v) is 7.36. The normalized spacial score (nSPS) is 11.6. The van der Waals surface area contributed by atoms with E-state index in [0.29, 0.717) is 5.82 Å². The van der Waals surface area contributed by atoms with E-state index in [1.54, 1.807) is 0 Å². The molecule has 1 aromatic carbocycles. The average molecular weight is 350 g/mol. The lowest BCUT2D eigenvalue weighted by atomic mass is 10.2. The smallest absolute Gasteiger partial charge is 0.152 e. The Bertz CT molecular complexity index is 1000. The molecule has 4 nitrogen and oxygen atoms in total. The predicted octanol–water partition coefficient (Wildman–Crippen LogP) is 4.81. The molecular formula is C20H22N4S. The van der Waals surface area contributed by atoms with Crippen LogP contribution in [0.4, 0.5) is 5.82 Å². The van der Waals surface area contributed by atoms with Crippen molar-refractivity contribution < 1.29 is 0 Å². The number of hydrogen-bond acceptors (Lipinski definition) is 4. The van der Waals surface area contributed by atoms with Gasteiger partial charge < -0.3 is 10.3 Å². The number of nitrogen functional groups attached to an aromatic ring is 1. The van der Waals surface area contributed by atoms with E-state index in [9.17, 15) is 0 Å². The van der Waals surface area contributed by atoms with Gasteiger partial charge in [0.25, 0.3) is 0 Å². The first-order chi connectivity index (χ1) is 12.3. The Labute approximate surface area is 151 Å². The number of nitrogens with zero attached hydrogens (tertiary/aromatic N) is 3. The number of thiophene rings is 1. The Kier molecular flexibility index (Phi) is 4.40. The number of anilines is 1. The monoisotopic (exact) mass is 350 g/mol. The van der Waals surface area contributed by atoms with Crippen LogP contribution in [0, 0.1) is 0 Å². The van der Waals surface area contributed by atoms with Crippen molar-refractivity contribution in [1.29, 1.82) is 0 Å². The molecule has 128 valence electrons. The molecule has 0 aliphatic carbocycles. The maximum Gasteiger partial charge on any atom is 0.152 e. The predicted molar refractivity (Wildman–Crippen MR) is 106 cm³/mol. The van der Waals surface area contributed by atoms with Gasteiger partial charge in [0.05, 0.1) is 11.0 Å². The van der Waals surface area contributed by atoms with Gasteiger partial charge >= 0.3 is 0 Å². The van der Waals surface area contributed by atoms with Gasteiger partial charge in [0.1, 0.15) is 11.3 Å². The minimum absolute atomic E-state index is 0.529. The van der Waals surface area contributed by atoms with Crippen LogP contribution in [0.25, 0.3) is 21.9 Å². The Morgan fingerprint density at radius 3 is 2.76 bits per heavy atom. The number of rotatable bonds is 6. The third-order valence-electron chi connectivity index (χ3n) is 4.61. The topological polar surface area (TPSA) is 56.7 Å². The highest BCUT2D eigenvalue weighted by Crippen LogP contribution is 2.29. The first-order valence-corrected chi connectivity index (χ1v) is 9.71. The van der Waals surface area contributed by atoms with Crippen LogP contribution in [0.15, 0.2) is 41.8 Å². The van der Waals surface area contributed by atoms with Gasteiger partial charge in [0, 0.05) is 23.2 Å². The minimum Gasteiger partial charge on any atom is -0.382 e. The standard InChI is InChI=1S/C20H22N4S/c1-2-3-10-17-23-18-19(24(17)12-11-14-7-6-13-25-14)15-8-4-5-9-16(15)22-20(18)21/h4-9,13H,2-3,10-12H2,1H3,(H2,21,22). The first-order valence-electron chi connectivity index (χ1n) is 8.83. The largest absolute Gasteiger partial charge is 0.382 e. The van der Waals surface area contributed by atoms with Crippen molar-refractivity contribution in [3.05, 3.63) is 52.5 Å². The number of aryl methyl sites for hydroxylation is 3. The van der Waals surface area contributed by atoms with Crippen molar-refractivity contribution in [2.45, 2.75) is 39.2 Å². The van der Waals surface area contributed by atoms with Crippen LogP contribution in [0.1, 0.15) is 30.5 Å². The van der Waals surface area contributed by atoms with Gasteiger partial charge in [-0.15, -0.1) is 11.3 Å². The summed E-state index contributed by atoms with van der Waals surface area (Å²) in [5.74, 6) is 1.65. The highest BCUT2D eigenvalue weighted by Gasteiger charge is 2.17. The van der Waals surface area contributed by atoms with E-state index >= 15 is 0 Å². The van der Waals surface area contributed by atoms with E-state index < -0.39 is 0 Å². The third kappa shape index (κ3) is 3.00. The summed E-state index contributed by atoms with van der Waals surface area (Å²) >= 11 is 1.81. The average Bonchev–Trinajstić information content (AvgIpc) is 3.26. The van der Waals surface area contributed by atoms with E-state index in [4.69, 9.17) is 10.7 Å². The molecule has 0 bridgehead atoms. The number of unbranched alkanes of at least 4 members (excludes halogenated alkanes) is 1. The van der Waals surface area contributed by atoms with E-state index in [1.807, 2.05) is 23.5 Å². The SMILES string of the molecule is CCCCc1nc2c(N)nc3ccccc3c2n1CCc1cccs1. The summed E-state index contributed by atoms with van der Waals surface area (Å²) in [5.41, 5.74) is 9.15. The number of fused-ring (bicyclic) bond motifs is 3. The number of imidazole rings is 1. The van der Waals surface area contributed by atoms with Crippen LogP contribution in [0.3, 0.4) is 0 Å². The molecule has 0 aliphatic rings. The van der Waals surface area contributed by atoms with Crippen molar-refractivity contribution in [3.63, 3.8) is 0 Å². The van der Waals surface area contributed by atoms with Gasteiger partial charge in [-0.05, 0) is 30.4 Å². The zero-order chi connectivity index (χ0) is 17.2. The second-order valence-electron chi connectivity index (χ2n) is 6.32. The molecule has 3 aromatic heterocycles. The Balaban J connectivity index is 1.88. The zero-order valence-corrected chi connectivity index (χ0v) is 15.2. The lowest BCUT2D eigenvalue weighted by Crippen LogP contribution is -2.06.